The van der Waals surface area contributed by atoms with Crippen LogP contribution in [0.4, 0.5) is 5.69 Å². The number of benzene rings is 3. The summed E-state index contributed by atoms with van der Waals surface area (Å²) < 4.78 is 8.81. The van der Waals surface area contributed by atoms with E-state index in [1.54, 1.807) is 11.9 Å². The first-order chi connectivity index (χ1) is 17.2. The average molecular weight is 523 g/mol. The molecular formula is C29H31ClN2O3S. The molecule has 36 heavy (non-hydrogen) atoms. The zero-order chi connectivity index (χ0) is 25.9. The summed E-state index contributed by atoms with van der Waals surface area (Å²) in [6, 6.07) is 16.3. The zero-order valence-electron chi connectivity index (χ0n) is 21.0. The van der Waals surface area contributed by atoms with Crippen LogP contribution in [0.2, 0.25) is 5.02 Å². The van der Waals surface area contributed by atoms with Crippen molar-refractivity contribution in [3.8, 4) is 11.1 Å². The lowest BCUT2D eigenvalue weighted by atomic mass is 9.90. The first-order valence-electron chi connectivity index (χ1n) is 12.0. The van der Waals surface area contributed by atoms with E-state index in [0.717, 1.165) is 55.3 Å². The number of anilines is 1. The van der Waals surface area contributed by atoms with Gasteiger partial charge in [-0.2, -0.15) is 0 Å². The molecule has 1 aliphatic rings. The van der Waals surface area contributed by atoms with E-state index < -0.39 is 5.54 Å². The van der Waals surface area contributed by atoms with Crippen LogP contribution in [0, 0.1) is 27.7 Å². The molecule has 0 saturated carbocycles. The van der Waals surface area contributed by atoms with Crippen molar-refractivity contribution in [2.24, 2.45) is 0 Å². The third-order valence-corrected chi connectivity index (χ3v) is 8.07. The largest absolute Gasteiger partial charge is 0.381 e. The highest BCUT2D eigenvalue weighted by atomic mass is 35.5. The number of nitrogens with one attached hydrogen (secondary N) is 2. The third-order valence-electron chi connectivity index (χ3n) is 6.66. The van der Waals surface area contributed by atoms with Crippen LogP contribution in [0.15, 0.2) is 53.4 Å². The monoisotopic (exact) mass is 522 g/mol. The number of aryl methyl sites for hydroxylation is 4. The molecule has 1 saturated heterocycles. The number of rotatable bonds is 7. The molecule has 3 aromatic carbocycles. The van der Waals surface area contributed by atoms with Crippen molar-refractivity contribution >= 4 is 41.4 Å². The maximum Gasteiger partial charge on any atom is 0.252 e. The van der Waals surface area contributed by atoms with Crippen molar-refractivity contribution in [2.75, 3.05) is 17.9 Å². The summed E-state index contributed by atoms with van der Waals surface area (Å²) in [6.07, 6.45) is 1.84. The second-order valence-corrected chi connectivity index (χ2v) is 10.7. The summed E-state index contributed by atoms with van der Waals surface area (Å²) in [5, 5.41) is 3.76. The van der Waals surface area contributed by atoms with Crippen LogP contribution in [0.1, 0.15) is 45.5 Å². The molecule has 4 rings (SSSR count). The molecule has 0 aromatic heterocycles. The quantitative estimate of drug-likeness (QED) is 0.263. The van der Waals surface area contributed by atoms with Crippen LogP contribution in [0.25, 0.3) is 11.1 Å². The summed E-state index contributed by atoms with van der Waals surface area (Å²) in [5.74, 6) is -0.217. The van der Waals surface area contributed by atoms with Crippen LogP contribution in [-0.4, -0.2) is 30.9 Å². The van der Waals surface area contributed by atoms with Crippen molar-refractivity contribution in [3.63, 3.8) is 0 Å². The smallest absolute Gasteiger partial charge is 0.252 e. The van der Waals surface area contributed by atoms with Crippen LogP contribution in [0.3, 0.4) is 0 Å². The van der Waals surface area contributed by atoms with Gasteiger partial charge in [-0.05, 0) is 97.3 Å². The van der Waals surface area contributed by atoms with Crippen molar-refractivity contribution < 1.29 is 14.3 Å². The van der Waals surface area contributed by atoms with Gasteiger partial charge in [-0.1, -0.05) is 35.9 Å². The Bertz CT molecular complexity index is 1280. The maximum absolute atomic E-state index is 13.2. The molecule has 0 atom stereocenters. The van der Waals surface area contributed by atoms with Crippen LogP contribution < -0.4 is 10.0 Å². The molecule has 7 heteroatoms. The molecule has 0 unspecified atom stereocenters. The Morgan fingerprint density at radius 3 is 2.31 bits per heavy atom. The fourth-order valence-corrected chi connectivity index (χ4v) is 5.55. The number of aldehydes is 1. The van der Waals surface area contributed by atoms with E-state index in [0.29, 0.717) is 31.6 Å². The minimum atomic E-state index is -0.856. The molecule has 1 amide bonds. The van der Waals surface area contributed by atoms with E-state index in [2.05, 4.69) is 28.2 Å². The zero-order valence-corrected chi connectivity index (χ0v) is 22.6. The molecule has 0 bridgehead atoms. The SMILES string of the molecule is Cc1cc(SNc2cccc(-c3cc(C)c(C(=O)NC4(C=O)CCOCC4)c(C)c3)c2)c(C)cc1Cl. The van der Waals surface area contributed by atoms with Crippen molar-refractivity contribution in [1.82, 2.24) is 5.32 Å². The molecule has 2 N–H and O–H groups in total. The van der Waals surface area contributed by atoms with Gasteiger partial charge in [0.05, 0.1) is 0 Å². The summed E-state index contributed by atoms with van der Waals surface area (Å²) in [4.78, 5) is 26.1. The molecule has 1 fully saturated rings. The lowest BCUT2D eigenvalue weighted by molar-refractivity contribution is -0.116. The Labute approximate surface area is 222 Å². The normalized spacial score (nSPS) is 14.8. The Morgan fingerprint density at radius 1 is 0.944 bits per heavy atom. The molecule has 0 spiro atoms. The van der Waals surface area contributed by atoms with Gasteiger partial charge in [-0.3, -0.25) is 4.79 Å². The standard InChI is InChI=1S/C29H31ClN2O3S/c1-18-15-26(19(2)14-25(18)30)36-32-24-7-5-6-22(16-24)23-12-20(3)27(21(4)13-23)28(34)31-29(17-33)8-10-35-11-9-29/h5-7,12-17,32H,8-11H2,1-4H3,(H,31,34). The highest BCUT2D eigenvalue weighted by Crippen LogP contribution is 2.32. The minimum Gasteiger partial charge on any atom is -0.381 e. The van der Waals surface area contributed by atoms with Crippen molar-refractivity contribution in [3.05, 3.63) is 81.4 Å². The lowest BCUT2D eigenvalue weighted by Crippen LogP contribution is -2.53. The highest BCUT2D eigenvalue weighted by Gasteiger charge is 2.34. The van der Waals surface area contributed by atoms with E-state index in [-0.39, 0.29) is 5.91 Å². The van der Waals surface area contributed by atoms with Crippen molar-refractivity contribution in [1.29, 1.82) is 0 Å². The Hall–Kier alpha value is -2.80. The van der Waals surface area contributed by atoms with Gasteiger partial charge in [0.2, 0.25) is 0 Å². The van der Waals surface area contributed by atoms with Gasteiger partial charge < -0.3 is 19.6 Å². The maximum atomic E-state index is 13.2. The number of carbonyl (C=O) groups is 2. The average Bonchev–Trinajstić information content (AvgIpc) is 2.85. The van der Waals surface area contributed by atoms with Gasteiger partial charge in [0.15, 0.2) is 0 Å². The van der Waals surface area contributed by atoms with Gasteiger partial charge in [-0.25, -0.2) is 0 Å². The Balaban J connectivity index is 1.53. The number of ether oxygens (including phenoxy) is 1. The number of halogens is 1. The molecule has 3 aromatic rings. The molecule has 188 valence electrons. The molecular weight excluding hydrogens is 492 g/mol. The first-order valence-corrected chi connectivity index (χ1v) is 13.2. The fourth-order valence-electron chi connectivity index (χ4n) is 4.53. The van der Waals surface area contributed by atoms with Crippen LogP contribution >= 0.6 is 23.5 Å². The lowest BCUT2D eigenvalue weighted by Gasteiger charge is -2.33. The molecule has 5 nitrogen and oxygen atoms in total. The molecule has 0 radical (unpaired) electrons. The van der Waals surface area contributed by atoms with E-state index in [1.165, 1.54) is 0 Å². The van der Waals surface area contributed by atoms with Gasteiger partial charge in [-0.15, -0.1) is 0 Å². The van der Waals surface area contributed by atoms with Crippen molar-refractivity contribution in [2.45, 2.75) is 51.0 Å². The highest BCUT2D eigenvalue weighted by molar-refractivity contribution is 8.00. The van der Waals surface area contributed by atoms with E-state index in [9.17, 15) is 9.59 Å². The molecule has 0 aliphatic carbocycles. The Morgan fingerprint density at radius 2 is 1.64 bits per heavy atom. The van der Waals surface area contributed by atoms with E-state index in [4.69, 9.17) is 16.3 Å². The minimum absolute atomic E-state index is 0.217. The second kappa shape index (κ2) is 11.1. The van der Waals surface area contributed by atoms with E-state index in [1.807, 2.05) is 58.0 Å². The van der Waals surface area contributed by atoms with E-state index >= 15 is 0 Å². The number of hydrogen-bond donors (Lipinski definition) is 2. The summed E-state index contributed by atoms with van der Waals surface area (Å²) in [6.45, 7) is 8.86. The number of amides is 1. The first kappa shape index (κ1) is 26.3. The van der Waals surface area contributed by atoms with Gasteiger partial charge in [0, 0.05) is 47.2 Å². The predicted octanol–water partition coefficient (Wildman–Crippen LogP) is 6.84. The topological polar surface area (TPSA) is 67.4 Å². The molecule has 1 aliphatic heterocycles. The summed E-state index contributed by atoms with van der Waals surface area (Å²) in [7, 11) is 0. The van der Waals surface area contributed by atoms with Crippen LogP contribution in [-0.2, 0) is 9.53 Å². The predicted molar refractivity (Wildman–Crippen MR) is 148 cm³/mol. The number of carbonyl (C=O) groups excluding carboxylic acids is 2. The number of hydrogen-bond acceptors (Lipinski definition) is 5. The van der Waals surface area contributed by atoms with Gasteiger partial charge >= 0.3 is 0 Å². The van der Waals surface area contributed by atoms with Crippen LogP contribution in [0.5, 0.6) is 0 Å². The Kier molecular flexibility index (Phi) is 8.08. The van der Waals surface area contributed by atoms with Gasteiger partial charge in [0.25, 0.3) is 5.91 Å². The second-order valence-electron chi connectivity index (χ2n) is 9.48. The molecule has 1 heterocycles. The van der Waals surface area contributed by atoms with Gasteiger partial charge in [0.1, 0.15) is 11.8 Å². The summed E-state index contributed by atoms with van der Waals surface area (Å²) in [5.41, 5.74) is 6.74. The fraction of sp³-hybridized carbons (Fsp3) is 0.310. The summed E-state index contributed by atoms with van der Waals surface area (Å²) >= 11 is 7.79. The third kappa shape index (κ3) is 5.77.